The van der Waals surface area contributed by atoms with Gasteiger partial charge in [0.1, 0.15) is 17.2 Å². The summed E-state index contributed by atoms with van der Waals surface area (Å²) < 4.78 is 33.0. The number of fused-ring (bicyclic) bond motifs is 1. The Morgan fingerprint density at radius 2 is 1.78 bits per heavy atom. The fourth-order valence-corrected chi connectivity index (χ4v) is 4.17. The molecular weight excluding hydrogens is 464 g/mol. The molecule has 0 saturated carbocycles. The van der Waals surface area contributed by atoms with Gasteiger partial charge in [0, 0.05) is 31.6 Å². The van der Waals surface area contributed by atoms with Crippen LogP contribution in [0.5, 0.6) is 0 Å². The SMILES string of the molecule is CCc1cccc(CNC[C@H](O)[C@H](Cc2cc(F)cc(F)c2)NC(=O)c2ccc3oc(C)nc3c2)c1. The van der Waals surface area contributed by atoms with E-state index in [1.54, 1.807) is 25.1 Å². The first-order valence-electron chi connectivity index (χ1n) is 11.9. The molecule has 4 rings (SSSR count). The van der Waals surface area contributed by atoms with Crippen LogP contribution in [-0.4, -0.2) is 34.7 Å². The number of carbonyl (C=O) groups is 1. The van der Waals surface area contributed by atoms with Crippen molar-refractivity contribution in [2.24, 2.45) is 0 Å². The van der Waals surface area contributed by atoms with Crippen LogP contribution in [0.1, 0.15) is 39.9 Å². The number of nitrogens with zero attached hydrogens (tertiary/aromatic N) is 1. The maximum atomic E-state index is 13.8. The first-order chi connectivity index (χ1) is 17.3. The van der Waals surface area contributed by atoms with Crippen LogP contribution in [0, 0.1) is 18.6 Å². The van der Waals surface area contributed by atoms with Crippen molar-refractivity contribution in [1.82, 2.24) is 15.6 Å². The smallest absolute Gasteiger partial charge is 0.251 e. The molecule has 2 atom stereocenters. The first kappa shape index (κ1) is 25.5. The molecular formula is C28H29F2N3O3. The highest BCUT2D eigenvalue weighted by molar-refractivity contribution is 5.97. The highest BCUT2D eigenvalue weighted by Gasteiger charge is 2.23. The number of hydrogen-bond donors (Lipinski definition) is 3. The molecule has 0 fully saturated rings. The number of halogens is 2. The number of aliphatic hydroxyl groups is 1. The van der Waals surface area contributed by atoms with Crippen molar-refractivity contribution in [3.8, 4) is 0 Å². The molecule has 8 heteroatoms. The average Bonchev–Trinajstić information content (AvgIpc) is 3.22. The fourth-order valence-electron chi connectivity index (χ4n) is 4.17. The predicted octanol–water partition coefficient (Wildman–Crippen LogP) is 4.47. The molecule has 1 amide bonds. The third-order valence-electron chi connectivity index (χ3n) is 6.00. The van der Waals surface area contributed by atoms with Crippen molar-refractivity contribution < 1.29 is 23.1 Å². The second kappa shape index (κ2) is 11.4. The Morgan fingerprint density at radius 1 is 1.03 bits per heavy atom. The van der Waals surface area contributed by atoms with Gasteiger partial charge in [0.25, 0.3) is 5.91 Å². The van der Waals surface area contributed by atoms with E-state index in [1.165, 1.54) is 17.7 Å². The van der Waals surface area contributed by atoms with Crippen molar-refractivity contribution in [3.05, 3.63) is 100 Å². The normalized spacial score (nSPS) is 13.0. The monoisotopic (exact) mass is 493 g/mol. The molecule has 0 bridgehead atoms. The summed E-state index contributed by atoms with van der Waals surface area (Å²) in [5, 5.41) is 17.0. The zero-order valence-electron chi connectivity index (χ0n) is 20.2. The second-order valence-corrected chi connectivity index (χ2v) is 8.85. The summed E-state index contributed by atoms with van der Waals surface area (Å²) in [7, 11) is 0. The van der Waals surface area contributed by atoms with Gasteiger partial charge in [0.15, 0.2) is 11.5 Å². The van der Waals surface area contributed by atoms with Crippen molar-refractivity contribution in [2.75, 3.05) is 6.54 Å². The van der Waals surface area contributed by atoms with Crippen LogP contribution in [0.25, 0.3) is 11.1 Å². The molecule has 0 aliphatic carbocycles. The molecule has 0 aliphatic rings. The van der Waals surface area contributed by atoms with Gasteiger partial charge >= 0.3 is 0 Å². The van der Waals surface area contributed by atoms with Gasteiger partial charge in [-0.3, -0.25) is 4.79 Å². The quantitative estimate of drug-likeness (QED) is 0.304. The topological polar surface area (TPSA) is 87.4 Å². The van der Waals surface area contributed by atoms with E-state index >= 15 is 0 Å². The van der Waals surface area contributed by atoms with Gasteiger partial charge in [-0.1, -0.05) is 31.2 Å². The number of oxazole rings is 1. The summed E-state index contributed by atoms with van der Waals surface area (Å²) in [6.45, 7) is 4.50. The summed E-state index contributed by atoms with van der Waals surface area (Å²) in [4.78, 5) is 17.3. The second-order valence-electron chi connectivity index (χ2n) is 8.85. The number of aliphatic hydroxyl groups excluding tert-OH is 1. The van der Waals surface area contributed by atoms with Crippen LogP contribution >= 0.6 is 0 Å². The maximum Gasteiger partial charge on any atom is 0.251 e. The van der Waals surface area contributed by atoms with Gasteiger partial charge in [0.2, 0.25) is 0 Å². The number of hydrogen-bond acceptors (Lipinski definition) is 5. The third kappa shape index (κ3) is 6.53. The van der Waals surface area contributed by atoms with Crippen LogP contribution in [0.3, 0.4) is 0 Å². The van der Waals surface area contributed by atoms with E-state index in [4.69, 9.17) is 4.42 Å². The third-order valence-corrected chi connectivity index (χ3v) is 6.00. The van der Waals surface area contributed by atoms with Crippen LogP contribution in [-0.2, 0) is 19.4 Å². The van der Waals surface area contributed by atoms with Crippen LogP contribution in [0.4, 0.5) is 8.78 Å². The highest BCUT2D eigenvalue weighted by Crippen LogP contribution is 2.18. The van der Waals surface area contributed by atoms with Gasteiger partial charge in [-0.15, -0.1) is 0 Å². The first-order valence-corrected chi connectivity index (χ1v) is 11.9. The lowest BCUT2D eigenvalue weighted by atomic mass is 10.00. The molecule has 1 aromatic heterocycles. The number of amides is 1. The highest BCUT2D eigenvalue weighted by atomic mass is 19.1. The molecule has 4 aromatic rings. The lowest BCUT2D eigenvalue weighted by Gasteiger charge is -2.25. The summed E-state index contributed by atoms with van der Waals surface area (Å²) in [6.07, 6.45) is -0.0541. The Balaban J connectivity index is 1.48. The van der Waals surface area contributed by atoms with E-state index in [0.717, 1.165) is 18.1 Å². The summed E-state index contributed by atoms with van der Waals surface area (Å²) in [5.74, 6) is -1.38. The number of aromatic nitrogens is 1. The molecule has 3 N–H and O–H groups in total. The van der Waals surface area contributed by atoms with Crippen molar-refractivity contribution >= 4 is 17.0 Å². The Hall–Kier alpha value is -3.62. The number of aryl methyl sites for hydroxylation is 2. The zero-order chi connectivity index (χ0) is 25.7. The summed E-state index contributed by atoms with van der Waals surface area (Å²) in [5.41, 5.74) is 4.06. The molecule has 0 radical (unpaired) electrons. The van der Waals surface area contributed by atoms with E-state index in [0.29, 0.717) is 34.7 Å². The Kier molecular flexibility index (Phi) is 8.07. The minimum atomic E-state index is -1.02. The molecule has 3 aromatic carbocycles. The minimum Gasteiger partial charge on any atom is -0.441 e. The zero-order valence-corrected chi connectivity index (χ0v) is 20.2. The number of rotatable bonds is 10. The molecule has 0 unspecified atom stereocenters. The average molecular weight is 494 g/mol. The molecule has 0 aliphatic heterocycles. The lowest BCUT2D eigenvalue weighted by molar-refractivity contribution is 0.0830. The Labute approximate surface area is 208 Å². The van der Waals surface area contributed by atoms with Crippen LogP contribution < -0.4 is 10.6 Å². The molecule has 6 nitrogen and oxygen atoms in total. The van der Waals surface area contributed by atoms with Crippen LogP contribution in [0.15, 0.2) is 65.1 Å². The number of carbonyl (C=O) groups excluding carboxylic acids is 1. The summed E-state index contributed by atoms with van der Waals surface area (Å²) >= 11 is 0. The van der Waals surface area contributed by atoms with Gasteiger partial charge in [-0.05, 0) is 59.9 Å². The lowest BCUT2D eigenvalue weighted by Crippen LogP contribution is -2.48. The van der Waals surface area contributed by atoms with Crippen molar-refractivity contribution in [3.63, 3.8) is 0 Å². The Bertz CT molecular complexity index is 1330. The van der Waals surface area contributed by atoms with E-state index in [-0.39, 0.29) is 13.0 Å². The molecule has 36 heavy (non-hydrogen) atoms. The largest absolute Gasteiger partial charge is 0.441 e. The van der Waals surface area contributed by atoms with E-state index < -0.39 is 29.7 Å². The van der Waals surface area contributed by atoms with Crippen LogP contribution in [0.2, 0.25) is 0 Å². The molecule has 1 heterocycles. The standard InChI is InChI=1S/C28H29F2N3O3/c1-3-18-5-4-6-19(9-18)15-31-16-26(34)24(12-20-10-22(29)14-23(30)11-20)33-28(35)21-7-8-27-25(13-21)32-17(2)36-27/h4-11,13-14,24,26,31,34H,3,12,15-16H2,1-2H3,(H,33,35)/t24-,26-/m0/s1. The molecule has 0 saturated heterocycles. The van der Waals surface area contributed by atoms with Gasteiger partial charge < -0.3 is 20.2 Å². The van der Waals surface area contributed by atoms with E-state index in [9.17, 15) is 18.7 Å². The molecule has 0 spiro atoms. The van der Waals surface area contributed by atoms with E-state index in [1.807, 2.05) is 12.1 Å². The number of benzene rings is 3. The van der Waals surface area contributed by atoms with E-state index in [2.05, 4.69) is 34.7 Å². The maximum absolute atomic E-state index is 13.8. The van der Waals surface area contributed by atoms with Crippen molar-refractivity contribution in [2.45, 2.75) is 45.4 Å². The molecule has 188 valence electrons. The van der Waals surface area contributed by atoms with Crippen molar-refractivity contribution in [1.29, 1.82) is 0 Å². The van der Waals surface area contributed by atoms with Gasteiger partial charge in [-0.25, -0.2) is 13.8 Å². The minimum absolute atomic E-state index is 0.0416. The Morgan fingerprint density at radius 3 is 2.53 bits per heavy atom. The van der Waals surface area contributed by atoms with Gasteiger partial charge in [-0.2, -0.15) is 0 Å². The fraction of sp³-hybridized carbons (Fsp3) is 0.286. The van der Waals surface area contributed by atoms with Gasteiger partial charge in [0.05, 0.1) is 12.1 Å². The summed E-state index contributed by atoms with van der Waals surface area (Å²) in [6, 6.07) is 15.4. The predicted molar refractivity (Wildman–Crippen MR) is 134 cm³/mol. The number of nitrogens with one attached hydrogen (secondary N) is 2.